The molecule has 7 heteroatoms. The van der Waals surface area contributed by atoms with Gasteiger partial charge < -0.3 is 19.2 Å². The third-order valence-electron chi connectivity index (χ3n) is 6.75. The molecule has 0 radical (unpaired) electrons. The van der Waals surface area contributed by atoms with Crippen LogP contribution in [0.25, 0.3) is 0 Å². The molecule has 0 saturated carbocycles. The van der Waals surface area contributed by atoms with Gasteiger partial charge in [-0.2, -0.15) is 0 Å². The van der Waals surface area contributed by atoms with Crippen LogP contribution in [0.5, 0.6) is 0 Å². The summed E-state index contributed by atoms with van der Waals surface area (Å²) in [6.45, 7) is 6.36. The van der Waals surface area contributed by atoms with Crippen LogP contribution < -0.4 is 0 Å². The van der Waals surface area contributed by atoms with Gasteiger partial charge in [-0.1, -0.05) is 12.1 Å². The van der Waals surface area contributed by atoms with Crippen LogP contribution in [0.2, 0.25) is 0 Å². The van der Waals surface area contributed by atoms with Crippen LogP contribution in [-0.4, -0.2) is 77.5 Å². The summed E-state index contributed by atoms with van der Waals surface area (Å²) in [6.07, 6.45) is 5.36. The van der Waals surface area contributed by atoms with Crippen LogP contribution in [-0.2, 0) is 11.2 Å². The van der Waals surface area contributed by atoms with Crippen molar-refractivity contribution in [1.82, 2.24) is 19.9 Å². The Labute approximate surface area is 160 Å². The normalized spacial score (nSPS) is 26.1. The molecule has 3 aliphatic rings. The van der Waals surface area contributed by atoms with Gasteiger partial charge in [0.2, 0.25) is 11.7 Å². The number of carbonyl (C=O) groups is 2. The maximum absolute atomic E-state index is 12.7. The maximum atomic E-state index is 12.7. The van der Waals surface area contributed by atoms with Crippen molar-refractivity contribution >= 4 is 11.8 Å². The second kappa shape index (κ2) is 7.26. The van der Waals surface area contributed by atoms with Gasteiger partial charge in [-0.25, -0.2) is 0 Å². The third kappa shape index (κ3) is 3.61. The minimum atomic E-state index is -0.0572. The summed E-state index contributed by atoms with van der Waals surface area (Å²) < 4.78 is 5.22. The van der Waals surface area contributed by atoms with Gasteiger partial charge in [0.25, 0.3) is 5.91 Å². The zero-order valence-electron chi connectivity index (χ0n) is 16.4. The fraction of sp³-hybridized carbons (Fsp3) is 0.750. The Morgan fingerprint density at radius 1 is 1.30 bits per heavy atom. The van der Waals surface area contributed by atoms with Gasteiger partial charge in [-0.05, 0) is 51.1 Å². The average Bonchev–Trinajstić information content (AvgIpc) is 3.33. The van der Waals surface area contributed by atoms with Gasteiger partial charge in [0.1, 0.15) is 0 Å². The van der Waals surface area contributed by atoms with E-state index in [1.54, 1.807) is 6.07 Å². The number of hydrogen-bond acceptors (Lipinski definition) is 5. The summed E-state index contributed by atoms with van der Waals surface area (Å²) in [5, 5.41) is 3.93. The fourth-order valence-corrected chi connectivity index (χ4v) is 4.87. The number of amides is 2. The minimum absolute atomic E-state index is 0.0572. The van der Waals surface area contributed by atoms with E-state index in [2.05, 4.69) is 22.0 Å². The van der Waals surface area contributed by atoms with Gasteiger partial charge >= 0.3 is 0 Å². The van der Waals surface area contributed by atoms with Crippen LogP contribution >= 0.6 is 0 Å². The molecule has 0 aromatic carbocycles. The number of nitrogens with zero attached hydrogens (tertiary/aromatic N) is 4. The molecule has 7 nitrogen and oxygen atoms in total. The summed E-state index contributed by atoms with van der Waals surface area (Å²) >= 11 is 0. The molecule has 0 unspecified atom stereocenters. The third-order valence-corrected chi connectivity index (χ3v) is 6.75. The first-order valence-electron chi connectivity index (χ1n) is 10.2. The number of aromatic nitrogens is 1. The smallest absolute Gasteiger partial charge is 0.292 e. The Kier molecular flexibility index (Phi) is 4.97. The van der Waals surface area contributed by atoms with Gasteiger partial charge in [-0.3, -0.25) is 9.59 Å². The van der Waals surface area contributed by atoms with E-state index in [4.69, 9.17) is 4.52 Å². The van der Waals surface area contributed by atoms with Crippen molar-refractivity contribution < 1.29 is 14.1 Å². The summed E-state index contributed by atoms with van der Waals surface area (Å²) in [5.41, 5.74) is 0.983. The lowest BCUT2D eigenvalue weighted by atomic mass is 9.72. The summed E-state index contributed by atoms with van der Waals surface area (Å²) in [7, 11) is 2.13. The monoisotopic (exact) mass is 374 g/mol. The van der Waals surface area contributed by atoms with E-state index < -0.39 is 0 Å². The van der Waals surface area contributed by atoms with Crippen molar-refractivity contribution in [3.05, 3.63) is 17.5 Å². The molecule has 0 N–H and O–H groups in total. The molecule has 27 heavy (non-hydrogen) atoms. The molecule has 3 saturated heterocycles. The van der Waals surface area contributed by atoms with Gasteiger partial charge in [-0.15, -0.1) is 0 Å². The molecule has 4 rings (SSSR count). The Morgan fingerprint density at radius 2 is 2.07 bits per heavy atom. The summed E-state index contributed by atoms with van der Waals surface area (Å²) in [6, 6.07) is 2.12. The predicted octanol–water partition coefficient (Wildman–Crippen LogP) is 1.79. The Bertz CT molecular complexity index is 708. The van der Waals surface area contributed by atoms with Crippen molar-refractivity contribution in [2.45, 2.75) is 51.5 Å². The molecular formula is C20H30N4O3. The zero-order valence-corrected chi connectivity index (χ0v) is 16.4. The van der Waals surface area contributed by atoms with Crippen LogP contribution in [0.3, 0.4) is 0 Å². The number of piperidine rings is 2. The standard InChI is InChI=1S/C20H30N4O3/c1-3-15-12-17(27-21-15)19(26)23-10-7-20(8-11-23)6-4-18(25)24(14-20)16-5-9-22(2)13-16/h12,16H,3-11,13-14H2,1-2H3/t16-/m1/s1. The van der Waals surface area contributed by atoms with Crippen molar-refractivity contribution in [2.75, 3.05) is 39.8 Å². The van der Waals surface area contributed by atoms with E-state index in [1.165, 1.54) is 0 Å². The van der Waals surface area contributed by atoms with E-state index >= 15 is 0 Å². The number of aryl methyl sites for hydroxylation is 1. The Hall–Kier alpha value is -1.89. The van der Waals surface area contributed by atoms with Crippen molar-refractivity contribution in [3.8, 4) is 0 Å². The molecule has 0 bridgehead atoms. The molecule has 1 spiro atoms. The zero-order chi connectivity index (χ0) is 19.0. The SMILES string of the molecule is CCc1cc(C(=O)N2CCC3(CCC(=O)N([C@@H]4CCN(C)C4)C3)CC2)on1. The molecule has 2 amide bonds. The molecule has 3 aliphatic heterocycles. The second-order valence-corrected chi connectivity index (χ2v) is 8.55. The van der Waals surface area contributed by atoms with Crippen molar-refractivity contribution in [3.63, 3.8) is 0 Å². The molecule has 1 aromatic heterocycles. The lowest BCUT2D eigenvalue weighted by Gasteiger charge is -2.48. The van der Waals surface area contributed by atoms with Gasteiger partial charge in [0.05, 0.1) is 5.69 Å². The first kappa shape index (κ1) is 18.5. The van der Waals surface area contributed by atoms with Crippen molar-refractivity contribution in [2.24, 2.45) is 5.41 Å². The first-order valence-corrected chi connectivity index (χ1v) is 10.2. The van der Waals surface area contributed by atoms with Gasteiger partial charge in [0, 0.05) is 44.7 Å². The summed E-state index contributed by atoms with van der Waals surface area (Å²) in [4.78, 5) is 31.5. The molecule has 1 aromatic rings. The highest BCUT2D eigenvalue weighted by Gasteiger charge is 2.44. The minimum Gasteiger partial charge on any atom is -0.351 e. The molecule has 0 aliphatic carbocycles. The maximum Gasteiger partial charge on any atom is 0.292 e. The highest BCUT2D eigenvalue weighted by molar-refractivity contribution is 5.91. The number of carbonyl (C=O) groups excluding carboxylic acids is 2. The van der Waals surface area contributed by atoms with E-state index in [0.717, 1.165) is 70.5 Å². The largest absolute Gasteiger partial charge is 0.351 e. The van der Waals surface area contributed by atoms with E-state index in [1.807, 2.05) is 11.8 Å². The summed E-state index contributed by atoms with van der Waals surface area (Å²) in [5.74, 6) is 0.601. The number of likely N-dealkylation sites (N-methyl/N-ethyl adjacent to an activating group) is 1. The molecule has 1 atom stereocenters. The average molecular weight is 374 g/mol. The van der Waals surface area contributed by atoms with Crippen LogP contribution in [0, 0.1) is 5.41 Å². The predicted molar refractivity (Wildman–Crippen MR) is 100 cm³/mol. The van der Waals surface area contributed by atoms with E-state index in [0.29, 0.717) is 24.1 Å². The molecular weight excluding hydrogens is 344 g/mol. The number of likely N-dealkylation sites (tertiary alicyclic amines) is 3. The highest BCUT2D eigenvalue weighted by Crippen LogP contribution is 2.41. The molecule has 3 fully saturated rings. The second-order valence-electron chi connectivity index (χ2n) is 8.55. The molecule has 148 valence electrons. The quantitative estimate of drug-likeness (QED) is 0.807. The van der Waals surface area contributed by atoms with E-state index in [9.17, 15) is 9.59 Å². The fourth-order valence-electron chi connectivity index (χ4n) is 4.87. The number of hydrogen-bond donors (Lipinski definition) is 0. The van der Waals surface area contributed by atoms with E-state index in [-0.39, 0.29) is 11.3 Å². The Balaban J connectivity index is 1.38. The topological polar surface area (TPSA) is 69.9 Å². The first-order chi connectivity index (χ1) is 13.0. The lowest BCUT2D eigenvalue weighted by molar-refractivity contribution is -0.141. The lowest BCUT2D eigenvalue weighted by Crippen LogP contribution is -2.55. The highest BCUT2D eigenvalue weighted by atomic mass is 16.5. The molecule has 4 heterocycles. The van der Waals surface area contributed by atoms with Crippen LogP contribution in [0.4, 0.5) is 0 Å². The Morgan fingerprint density at radius 3 is 2.70 bits per heavy atom. The van der Waals surface area contributed by atoms with Crippen LogP contribution in [0.15, 0.2) is 10.6 Å². The number of rotatable bonds is 3. The van der Waals surface area contributed by atoms with Crippen LogP contribution in [0.1, 0.15) is 55.3 Å². The van der Waals surface area contributed by atoms with Gasteiger partial charge in [0.15, 0.2) is 0 Å². The van der Waals surface area contributed by atoms with Crippen molar-refractivity contribution in [1.29, 1.82) is 0 Å².